The molecule has 3 heterocycles. The average molecular weight is 503 g/mol. The molecule has 1 aliphatic heterocycles. The zero-order chi connectivity index (χ0) is 25.0. The summed E-state index contributed by atoms with van der Waals surface area (Å²) in [5, 5.41) is 3.90. The summed E-state index contributed by atoms with van der Waals surface area (Å²) in [5.74, 6) is 1.72. The summed E-state index contributed by atoms with van der Waals surface area (Å²) >= 11 is 6.62. The fraction of sp³-hybridized carbons (Fsp3) is 0.393. The van der Waals surface area contributed by atoms with Crippen molar-refractivity contribution in [1.82, 2.24) is 24.3 Å². The summed E-state index contributed by atoms with van der Waals surface area (Å²) < 4.78 is 1.96. The van der Waals surface area contributed by atoms with Crippen LogP contribution in [0.25, 0.3) is 11.9 Å². The zero-order valence-electron chi connectivity index (χ0n) is 21.0. The molecule has 0 spiro atoms. The normalized spacial score (nSPS) is 17.0. The second kappa shape index (κ2) is 9.05. The molecule has 36 heavy (non-hydrogen) atoms. The van der Waals surface area contributed by atoms with Gasteiger partial charge in [-0.15, -0.1) is 0 Å². The molecule has 1 fully saturated rings. The van der Waals surface area contributed by atoms with E-state index in [2.05, 4.69) is 40.5 Å². The van der Waals surface area contributed by atoms with Crippen molar-refractivity contribution < 1.29 is 4.79 Å². The van der Waals surface area contributed by atoms with Crippen molar-refractivity contribution in [2.45, 2.75) is 44.6 Å². The standard InChI is InChI=1S/C28H31ClN6O/c1-33(2)27(36)23-16-35(25-7-5-4-6-21(23)25)26-24(29)14-30-28(32-26)31-19-12-18-15-34(3)11-10-20(18)22(13-19)17-8-9-17/h4,6,12-14,16-17H,5,7-11,15H2,1-3H3,(H,30,31,32). The van der Waals surface area contributed by atoms with E-state index in [0.29, 0.717) is 28.3 Å². The number of fused-ring (bicyclic) bond motifs is 2. The molecule has 1 aromatic carbocycles. The Kier molecular flexibility index (Phi) is 5.85. The number of carbonyl (C=O) groups excluding carboxylic acids is 1. The Balaban J connectivity index is 1.38. The highest BCUT2D eigenvalue weighted by Crippen LogP contribution is 2.44. The maximum Gasteiger partial charge on any atom is 0.255 e. The first-order chi connectivity index (χ1) is 17.4. The lowest BCUT2D eigenvalue weighted by atomic mass is 9.91. The van der Waals surface area contributed by atoms with Crippen LogP contribution in [-0.4, -0.2) is 57.9 Å². The molecule has 3 aliphatic rings. The Hall–Kier alpha value is -3.16. The molecule has 0 saturated heterocycles. The van der Waals surface area contributed by atoms with Gasteiger partial charge in [0.15, 0.2) is 5.82 Å². The van der Waals surface area contributed by atoms with Crippen molar-refractivity contribution >= 4 is 35.2 Å². The van der Waals surface area contributed by atoms with E-state index in [1.54, 1.807) is 25.2 Å². The topological polar surface area (TPSA) is 66.3 Å². The van der Waals surface area contributed by atoms with E-state index in [9.17, 15) is 4.79 Å². The van der Waals surface area contributed by atoms with Crippen LogP contribution in [0.2, 0.25) is 5.02 Å². The fourth-order valence-corrected chi connectivity index (χ4v) is 5.63. The fourth-order valence-electron chi connectivity index (χ4n) is 5.45. The lowest BCUT2D eigenvalue weighted by Crippen LogP contribution is -2.27. The van der Waals surface area contributed by atoms with E-state index < -0.39 is 0 Å². The highest BCUT2D eigenvalue weighted by Gasteiger charge is 2.29. The minimum atomic E-state index is -0.0355. The number of hydrogen-bond donors (Lipinski definition) is 1. The van der Waals surface area contributed by atoms with Gasteiger partial charge in [0.1, 0.15) is 5.02 Å². The van der Waals surface area contributed by atoms with Crippen LogP contribution in [0.4, 0.5) is 11.6 Å². The predicted octanol–water partition coefficient (Wildman–Crippen LogP) is 5.19. The molecule has 1 saturated carbocycles. The molecule has 8 heteroatoms. The van der Waals surface area contributed by atoms with Gasteiger partial charge in [-0.2, -0.15) is 4.98 Å². The van der Waals surface area contributed by atoms with Gasteiger partial charge >= 0.3 is 0 Å². The van der Waals surface area contributed by atoms with Gasteiger partial charge in [-0.3, -0.25) is 4.79 Å². The number of likely N-dealkylation sites (N-methyl/N-ethyl adjacent to an activating group) is 1. The largest absolute Gasteiger partial charge is 0.345 e. The van der Waals surface area contributed by atoms with Crippen LogP contribution in [0.1, 0.15) is 63.5 Å². The minimum Gasteiger partial charge on any atom is -0.345 e. The van der Waals surface area contributed by atoms with Gasteiger partial charge in [0, 0.05) is 50.3 Å². The highest BCUT2D eigenvalue weighted by molar-refractivity contribution is 6.32. The Labute approximate surface area is 216 Å². The van der Waals surface area contributed by atoms with Crippen LogP contribution in [0.5, 0.6) is 0 Å². The predicted molar refractivity (Wildman–Crippen MR) is 143 cm³/mol. The number of aromatic nitrogens is 3. The van der Waals surface area contributed by atoms with Gasteiger partial charge < -0.3 is 19.7 Å². The zero-order valence-corrected chi connectivity index (χ0v) is 21.8. The van der Waals surface area contributed by atoms with Gasteiger partial charge in [-0.1, -0.05) is 23.8 Å². The molecule has 186 valence electrons. The number of nitrogens with one attached hydrogen (secondary N) is 1. The quantitative estimate of drug-likeness (QED) is 0.520. The average Bonchev–Trinajstić information content (AvgIpc) is 3.64. The molecular formula is C28H31ClN6O. The van der Waals surface area contributed by atoms with Crippen molar-refractivity contribution in [1.29, 1.82) is 0 Å². The SMILES string of the molecule is CN1CCc2c(cc(Nc3ncc(Cl)c(-n4cc(C(=O)N(C)C)c5c4CCC=C5)n3)cc2C2CC2)C1. The number of halogens is 1. The number of benzene rings is 1. The number of carbonyl (C=O) groups is 1. The third kappa shape index (κ3) is 4.20. The molecule has 1 N–H and O–H groups in total. The molecule has 0 unspecified atom stereocenters. The summed E-state index contributed by atoms with van der Waals surface area (Å²) in [7, 11) is 5.71. The molecule has 7 nitrogen and oxygen atoms in total. The Bertz CT molecular complexity index is 1390. The monoisotopic (exact) mass is 502 g/mol. The number of allylic oxidation sites excluding steroid dienone is 1. The molecule has 3 aromatic rings. The highest BCUT2D eigenvalue weighted by atomic mass is 35.5. The van der Waals surface area contributed by atoms with Crippen molar-refractivity contribution in [2.24, 2.45) is 0 Å². The smallest absolute Gasteiger partial charge is 0.255 e. The Morgan fingerprint density at radius 2 is 2.06 bits per heavy atom. The van der Waals surface area contributed by atoms with Crippen LogP contribution in [0.15, 0.2) is 30.6 Å². The third-order valence-electron chi connectivity index (χ3n) is 7.41. The molecule has 0 atom stereocenters. The second-order valence-electron chi connectivity index (χ2n) is 10.4. The van der Waals surface area contributed by atoms with Crippen molar-refractivity contribution in [3.05, 3.63) is 69.1 Å². The first-order valence-electron chi connectivity index (χ1n) is 12.7. The van der Waals surface area contributed by atoms with Gasteiger partial charge in [-0.05, 0) is 73.9 Å². The van der Waals surface area contributed by atoms with Gasteiger partial charge in [0.05, 0.1) is 11.8 Å². The van der Waals surface area contributed by atoms with E-state index in [0.717, 1.165) is 49.3 Å². The van der Waals surface area contributed by atoms with Crippen LogP contribution in [-0.2, 0) is 19.4 Å². The van der Waals surface area contributed by atoms with E-state index in [1.807, 2.05) is 16.8 Å². The minimum absolute atomic E-state index is 0.0355. The molecule has 2 aliphatic carbocycles. The number of anilines is 2. The second-order valence-corrected chi connectivity index (χ2v) is 10.8. The molecule has 2 aromatic heterocycles. The lowest BCUT2D eigenvalue weighted by molar-refractivity contribution is 0.0827. The van der Waals surface area contributed by atoms with Gasteiger partial charge in [-0.25, -0.2) is 4.98 Å². The van der Waals surface area contributed by atoms with Crippen LogP contribution < -0.4 is 5.32 Å². The van der Waals surface area contributed by atoms with E-state index >= 15 is 0 Å². The first-order valence-corrected chi connectivity index (χ1v) is 13.0. The molecule has 6 rings (SSSR count). The molecule has 0 radical (unpaired) electrons. The first kappa shape index (κ1) is 23.3. The van der Waals surface area contributed by atoms with Crippen LogP contribution in [0, 0.1) is 0 Å². The van der Waals surface area contributed by atoms with E-state index in [4.69, 9.17) is 16.6 Å². The van der Waals surface area contributed by atoms with E-state index in [-0.39, 0.29) is 5.91 Å². The number of nitrogens with zero attached hydrogens (tertiary/aromatic N) is 5. The Morgan fingerprint density at radius 3 is 2.83 bits per heavy atom. The third-order valence-corrected chi connectivity index (χ3v) is 7.67. The number of amides is 1. The van der Waals surface area contributed by atoms with Gasteiger partial charge in [0.25, 0.3) is 5.91 Å². The number of hydrogen-bond acceptors (Lipinski definition) is 5. The maximum absolute atomic E-state index is 12.9. The molecule has 1 amide bonds. The lowest BCUT2D eigenvalue weighted by Gasteiger charge is -2.28. The summed E-state index contributed by atoms with van der Waals surface area (Å²) in [5.41, 5.74) is 8.06. The van der Waals surface area contributed by atoms with Crippen molar-refractivity contribution in [2.75, 3.05) is 33.0 Å². The van der Waals surface area contributed by atoms with Gasteiger partial charge in [0.2, 0.25) is 5.95 Å². The summed E-state index contributed by atoms with van der Waals surface area (Å²) in [6.07, 6.45) is 13.0. The Morgan fingerprint density at radius 1 is 1.22 bits per heavy atom. The van der Waals surface area contributed by atoms with Crippen LogP contribution in [0.3, 0.4) is 0 Å². The molecular weight excluding hydrogens is 472 g/mol. The van der Waals surface area contributed by atoms with E-state index in [1.165, 1.54) is 29.5 Å². The molecule has 0 bridgehead atoms. The van der Waals surface area contributed by atoms with Crippen molar-refractivity contribution in [3.8, 4) is 5.82 Å². The maximum atomic E-state index is 12.9. The summed E-state index contributed by atoms with van der Waals surface area (Å²) in [6, 6.07) is 4.53. The van der Waals surface area contributed by atoms with Crippen molar-refractivity contribution in [3.63, 3.8) is 0 Å². The summed E-state index contributed by atoms with van der Waals surface area (Å²) in [4.78, 5) is 26.2. The summed E-state index contributed by atoms with van der Waals surface area (Å²) in [6.45, 7) is 2.07. The number of rotatable bonds is 5. The van der Waals surface area contributed by atoms with Crippen LogP contribution >= 0.6 is 11.6 Å².